The molecule has 0 radical (unpaired) electrons. The van der Waals surface area contributed by atoms with Crippen molar-refractivity contribution in [3.63, 3.8) is 0 Å². The Labute approximate surface area is 81.3 Å². The maximum absolute atomic E-state index is 12.5. The van der Waals surface area contributed by atoms with Gasteiger partial charge in [0.2, 0.25) is 11.9 Å². The number of halogens is 1. The molecule has 0 aromatic carbocycles. The average molecular weight is 194 g/mol. The molecule has 0 saturated carbocycles. The number of amides is 1. The molecule has 74 valence electrons. The number of nitrogens with one attached hydrogen (secondary N) is 1. The van der Waals surface area contributed by atoms with Crippen LogP contribution in [0.4, 0.5) is 4.39 Å². The molecule has 0 spiro atoms. The Hall–Kier alpha value is -1.45. The highest BCUT2D eigenvalue weighted by molar-refractivity contribution is 5.80. The smallest absolute Gasteiger partial charge is 0.223 e. The van der Waals surface area contributed by atoms with E-state index < -0.39 is 5.95 Å². The molecule has 1 aliphatic rings. The van der Waals surface area contributed by atoms with E-state index in [2.05, 4.69) is 10.3 Å². The van der Waals surface area contributed by atoms with Crippen molar-refractivity contribution in [2.75, 3.05) is 6.54 Å². The van der Waals surface area contributed by atoms with Crippen LogP contribution in [0.2, 0.25) is 0 Å². The Morgan fingerprint density at radius 1 is 1.57 bits per heavy atom. The maximum Gasteiger partial charge on any atom is 0.223 e. The standard InChI is InChI=1S/C10H11FN2O/c11-9-2-1-7(6-13-9)5-8-3-4-12-10(8)14/h1-2,6,8H,3-5H2,(H,12,14). The Bertz CT molecular complexity index is 336. The number of hydrogen-bond acceptors (Lipinski definition) is 2. The minimum Gasteiger partial charge on any atom is -0.356 e. The summed E-state index contributed by atoms with van der Waals surface area (Å²) in [5, 5.41) is 2.77. The van der Waals surface area contributed by atoms with Crippen molar-refractivity contribution in [1.82, 2.24) is 10.3 Å². The second kappa shape index (κ2) is 3.74. The Kier molecular flexibility index (Phi) is 2.43. The van der Waals surface area contributed by atoms with E-state index in [-0.39, 0.29) is 11.8 Å². The van der Waals surface area contributed by atoms with Crippen molar-refractivity contribution in [3.05, 3.63) is 29.8 Å². The molecule has 1 unspecified atom stereocenters. The first kappa shape index (κ1) is 9.12. The molecule has 0 bridgehead atoms. The Morgan fingerprint density at radius 2 is 2.43 bits per heavy atom. The molecule has 1 aliphatic heterocycles. The second-order valence-electron chi connectivity index (χ2n) is 3.47. The van der Waals surface area contributed by atoms with Gasteiger partial charge in [0.05, 0.1) is 0 Å². The van der Waals surface area contributed by atoms with Gasteiger partial charge < -0.3 is 5.32 Å². The van der Waals surface area contributed by atoms with Crippen LogP contribution in [0, 0.1) is 11.9 Å². The number of carbonyl (C=O) groups excluding carboxylic acids is 1. The molecule has 1 amide bonds. The predicted octanol–water partition coefficient (Wildman–Crippen LogP) is 0.899. The van der Waals surface area contributed by atoms with Crippen molar-refractivity contribution < 1.29 is 9.18 Å². The van der Waals surface area contributed by atoms with Gasteiger partial charge >= 0.3 is 0 Å². The van der Waals surface area contributed by atoms with Crippen LogP contribution >= 0.6 is 0 Å². The zero-order chi connectivity index (χ0) is 9.97. The number of aromatic nitrogens is 1. The molecule has 3 nitrogen and oxygen atoms in total. The summed E-state index contributed by atoms with van der Waals surface area (Å²) in [5.41, 5.74) is 0.911. The number of carbonyl (C=O) groups is 1. The van der Waals surface area contributed by atoms with Crippen molar-refractivity contribution in [2.24, 2.45) is 5.92 Å². The molecule has 14 heavy (non-hydrogen) atoms. The van der Waals surface area contributed by atoms with Gasteiger partial charge in [-0.15, -0.1) is 0 Å². The quantitative estimate of drug-likeness (QED) is 0.711. The lowest BCUT2D eigenvalue weighted by molar-refractivity contribution is -0.122. The topological polar surface area (TPSA) is 42.0 Å². The third-order valence-corrected chi connectivity index (χ3v) is 2.43. The van der Waals surface area contributed by atoms with Crippen LogP contribution in [-0.2, 0) is 11.2 Å². The molecule has 1 aromatic heterocycles. The zero-order valence-corrected chi connectivity index (χ0v) is 7.66. The van der Waals surface area contributed by atoms with Crippen LogP contribution in [0.5, 0.6) is 0 Å². The lowest BCUT2D eigenvalue weighted by atomic mass is 9.99. The molecule has 4 heteroatoms. The van der Waals surface area contributed by atoms with Gasteiger partial charge in [-0.2, -0.15) is 4.39 Å². The van der Waals surface area contributed by atoms with Gasteiger partial charge in [0.1, 0.15) is 0 Å². The van der Waals surface area contributed by atoms with Crippen molar-refractivity contribution >= 4 is 5.91 Å². The van der Waals surface area contributed by atoms with E-state index in [4.69, 9.17) is 0 Å². The van der Waals surface area contributed by atoms with Crippen LogP contribution in [-0.4, -0.2) is 17.4 Å². The molecule has 2 heterocycles. The highest BCUT2D eigenvalue weighted by Crippen LogP contribution is 2.15. The largest absolute Gasteiger partial charge is 0.356 e. The summed E-state index contributed by atoms with van der Waals surface area (Å²) < 4.78 is 12.5. The van der Waals surface area contributed by atoms with E-state index >= 15 is 0 Å². The fourth-order valence-electron chi connectivity index (χ4n) is 1.65. The van der Waals surface area contributed by atoms with Crippen LogP contribution in [0.1, 0.15) is 12.0 Å². The fraction of sp³-hybridized carbons (Fsp3) is 0.400. The van der Waals surface area contributed by atoms with Gasteiger partial charge in [-0.05, 0) is 24.5 Å². The van der Waals surface area contributed by atoms with E-state index in [1.54, 1.807) is 6.07 Å². The van der Waals surface area contributed by atoms with Crippen LogP contribution in [0.3, 0.4) is 0 Å². The molecule has 1 fully saturated rings. The van der Waals surface area contributed by atoms with Crippen molar-refractivity contribution in [2.45, 2.75) is 12.8 Å². The van der Waals surface area contributed by atoms with Gasteiger partial charge in [-0.1, -0.05) is 6.07 Å². The van der Waals surface area contributed by atoms with Gasteiger partial charge in [0.15, 0.2) is 0 Å². The number of nitrogens with zero attached hydrogens (tertiary/aromatic N) is 1. The summed E-state index contributed by atoms with van der Waals surface area (Å²) in [4.78, 5) is 14.8. The number of rotatable bonds is 2. The predicted molar refractivity (Wildman–Crippen MR) is 49.0 cm³/mol. The lowest BCUT2D eigenvalue weighted by Crippen LogP contribution is -2.20. The van der Waals surface area contributed by atoms with Crippen molar-refractivity contribution in [1.29, 1.82) is 0 Å². The van der Waals surface area contributed by atoms with E-state index in [0.29, 0.717) is 6.42 Å². The fourth-order valence-corrected chi connectivity index (χ4v) is 1.65. The summed E-state index contributed by atoms with van der Waals surface area (Å²) >= 11 is 0. The third kappa shape index (κ3) is 1.89. The minimum absolute atomic E-state index is 0.0299. The van der Waals surface area contributed by atoms with E-state index in [0.717, 1.165) is 18.5 Å². The normalized spacial score (nSPS) is 20.9. The first-order valence-electron chi connectivity index (χ1n) is 4.64. The molecule has 0 aliphatic carbocycles. The van der Waals surface area contributed by atoms with Crippen LogP contribution in [0.15, 0.2) is 18.3 Å². The maximum atomic E-state index is 12.5. The summed E-state index contributed by atoms with van der Waals surface area (Å²) in [6.07, 6.45) is 3.00. The Balaban J connectivity index is 2.03. The third-order valence-electron chi connectivity index (χ3n) is 2.43. The van der Waals surface area contributed by atoms with Gasteiger partial charge in [0, 0.05) is 18.7 Å². The van der Waals surface area contributed by atoms with Gasteiger partial charge in [-0.3, -0.25) is 4.79 Å². The van der Waals surface area contributed by atoms with E-state index in [9.17, 15) is 9.18 Å². The Morgan fingerprint density at radius 3 is 3.00 bits per heavy atom. The summed E-state index contributed by atoms with van der Waals surface area (Å²) in [5.74, 6) is -0.360. The number of hydrogen-bond donors (Lipinski definition) is 1. The van der Waals surface area contributed by atoms with Gasteiger partial charge in [-0.25, -0.2) is 4.98 Å². The summed E-state index contributed by atoms with van der Waals surface area (Å²) in [6, 6.07) is 3.00. The average Bonchev–Trinajstić information content (AvgIpc) is 2.56. The SMILES string of the molecule is O=C1NCCC1Cc1ccc(F)nc1. The molecular weight excluding hydrogens is 183 g/mol. The zero-order valence-electron chi connectivity index (χ0n) is 7.66. The molecule has 1 aromatic rings. The molecule has 2 rings (SSSR count). The summed E-state index contributed by atoms with van der Waals surface area (Å²) in [7, 11) is 0. The monoisotopic (exact) mass is 194 g/mol. The molecular formula is C10H11FN2O. The van der Waals surface area contributed by atoms with Gasteiger partial charge in [0.25, 0.3) is 0 Å². The number of pyridine rings is 1. The second-order valence-corrected chi connectivity index (χ2v) is 3.47. The minimum atomic E-state index is -0.482. The first-order chi connectivity index (χ1) is 6.75. The van der Waals surface area contributed by atoms with Crippen LogP contribution in [0.25, 0.3) is 0 Å². The summed E-state index contributed by atoms with van der Waals surface area (Å²) in [6.45, 7) is 0.748. The van der Waals surface area contributed by atoms with E-state index in [1.165, 1.54) is 12.3 Å². The lowest BCUT2D eigenvalue weighted by Gasteiger charge is -2.05. The molecule has 1 N–H and O–H groups in total. The molecule has 1 atom stereocenters. The highest BCUT2D eigenvalue weighted by atomic mass is 19.1. The van der Waals surface area contributed by atoms with Crippen molar-refractivity contribution in [3.8, 4) is 0 Å². The highest BCUT2D eigenvalue weighted by Gasteiger charge is 2.23. The van der Waals surface area contributed by atoms with E-state index in [1.807, 2.05) is 0 Å². The first-order valence-corrected chi connectivity index (χ1v) is 4.64. The van der Waals surface area contributed by atoms with Crippen LogP contribution < -0.4 is 5.32 Å². The molecule has 1 saturated heterocycles.